The molecule has 0 unspecified atom stereocenters. The first kappa shape index (κ1) is 12.1. The summed E-state index contributed by atoms with van der Waals surface area (Å²) in [7, 11) is 0. The summed E-state index contributed by atoms with van der Waals surface area (Å²) in [5, 5.41) is 2.97. The first-order valence-electron chi connectivity index (χ1n) is 6.18. The number of benzene rings is 1. The fourth-order valence-electron chi connectivity index (χ4n) is 2.84. The van der Waals surface area contributed by atoms with E-state index in [-0.39, 0.29) is 23.9 Å². The van der Waals surface area contributed by atoms with Crippen molar-refractivity contribution in [3.63, 3.8) is 0 Å². The van der Waals surface area contributed by atoms with Crippen LogP contribution >= 0.6 is 15.9 Å². The number of nitrogens with zero attached hydrogens (tertiary/aromatic N) is 1. The summed E-state index contributed by atoms with van der Waals surface area (Å²) >= 11 is 3.43. The Morgan fingerprint density at radius 2 is 2.22 bits per heavy atom. The van der Waals surface area contributed by atoms with Crippen molar-refractivity contribution in [2.24, 2.45) is 0 Å². The van der Waals surface area contributed by atoms with Gasteiger partial charge in [-0.1, -0.05) is 22.4 Å². The zero-order valence-corrected chi connectivity index (χ0v) is 11.4. The lowest BCUT2D eigenvalue weighted by molar-refractivity contribution is -0.122. The van der Waals surface area contributed by atoms with Gasteiger partial charge in [-0.3, -0.25) is 9.69 Å². The average Bonchev–Trinajstić information content (AvgIpc) is 2.71. The highest BCUT2D eigenvalue weighted by molar-refractivity contribution is 9.10. The monoisotopic (exact) mass is 312 g/mol. The highest BCUT2D eigenvalue weighted by atomic mass is 79.9. The lowest BCUT2D eigenvalue weighted by Crippen LogP contribution is -2.38. The number of halogens is 2. The van der Waals surface area contributed by atoms with E-state index < -0.39 is 0 Å². The molecule has 0 aliphatic carbocycles. The Morgan fingerprint density at radius 3 is 3.06 bits per heavy atom. The molecule has 0 spiro atoms. The molecule has 3 rings (SSSR count). The minimum atomic E-state index is -0.275. The van der Waals surface area contributed by atoms with Crippen LogP contribution < -0.4 is 5.32 Å². The first-order valence-corrected chi connectivity index (χ1v) is 6.97. The molecule has 96 valence electrons. The molecule has 2 saturated heterocycles. The summed E-state index contributed by atoms with van der Waals surface area (Å²) in [6.45, 7) is 0.886. The van der Waals surface area contributed by atoms with Crippen molar-refractivity contribution in [3.8, 4) is 0 Å². The van der Waals surface area contributed by atoms with Gasteiger partial charge in [0, 0.05) is 16.6 Å². The second-order valence-electron chi connectivity index (χ2n) is 4.83. The van der Waals surface area contributed by atoms with Gasteiger partial charge in [-0.05, 0) is 31.0 Å². The maximum Gasteiger partial charge on any atom is 0.238 e. The van der Waals surface area contributed by atoms with Crippen LogP contribution in [0.15, 0.2) is 22.7 Å². The SMILES string of the molecule is O=C1N[C@@H](c2cc(F)ccc2Br)N2CCCC[C@H]12. The van der Waals surface area contributed by atoms with E-state index in [9.17, 15) is 9.18 Å². The number of amides is 1. The Morgan fingerprint density at radius 1 is 1.39 bits per heavy atom. The van der Waals surface area contributed by atoms with Gasteiger partial charge in [-0.2, -0.15) is 0 Å². The molecular weight excluding hydrogens is 299 g/mol. The number of fused-ring (bicyclic) bond motifs is 1. The minimum absolute atomic E-state index is 0.0427. The highest BCUT2D eigenvalue weighted by Crippen LogP contribution is 2.35. The van der Waals surface area contributed by atoms with E-state index in [2.05, 4.69) is 26.1 Å². The zero-order valence-electron chi connectivity index (χ0n) is 9.83. The van der Waals surface area contributed by atoms with Gasteiger partial charge in [0.15, 0.2) is 0 Å². The van der Waals surface area contributed by atoms with Crippen LogP contribution in [0.25, 0.3) is 0 Å². The molecule has 2 aliphatic rings. The van der Waals surface area contributed by atoms with Gasteiger partial charge in [0.25, 0.3) is 0 Å². The van der Waals surface area contributed by atoms with Crippen molar-refractivity contribution >= 4 is 21.8 Å². The van der Waals surface area contributed by atoms with Crippen LogP contribution in [-0.2, 0) is 4.79 Å². The Kier molecular flexibility index (Phi) is 3.11. The molecule has 0 saturated carbocycles. The van der Waals surface area contributed by atoms with E-state index in [1.165, 1.54) is 12.1 Å². The summed E-state index contributed by atoms with van der Waals surface area (Å²) in [5.74, 6) is -0.209. The molecule has 18 heavy (non-hydrogen) atoms. The van der Waals surface area contributed by atoms with Crippen LogP contribution in [0.1, 0.15) is 31.0 Å². The first-order chi connectivity index (χ1) is 8.66. The van der Waals surface area contributed by atoms with Crippen LogP contribution in [0.3, 0.4) is 0 Å². The van der Waals surface area contributed by atoms with Crippen molar-refractivity contribution in [1.82, 2.24) is 10.2 Å². The fourth-order valence-corrected chi connectivity index (χ4v) is 3.30. The highest BCUT2D eigenvalue weighted by Gasteiger charge is 2.42. The quantitative estimate of drug-likeness (QED) is 0.864. The number of hydrogen-bond donors (Lipinski definition) is 1. The molecule has 1 amide bonds. The van der Waals surface area contributed by atoms with Gasteiger partial charge in [-0.15, -0.1) is 0 Å². The number of piperidine rings is 1. The molecule has 0 aromatic heterocycles. The van der Waals surface area contributed by atoms with Gasteiger partial charge in [0.1, 0.15) is 12.0 Å². The lowest BCUT2D eigenvalue weighted by Gasteiger charge is -2.31. The number of carbonyl (C=O) groups is 1. The van der Waals surface area contributed by atoms with Crippen molar-refractivity contribution in [2.45, 2.75) is 31.5 Å². The summed E-state index contributed by atoms with van der Waals surface area (Å²) in [4.78, 5) is 14.1. The van der Waals surface area contributed by atoms with Crippen LogP contribution in [0.2, 0.25) is 0 Å². The summed E-state index contributed by atoms with van der Waals surface area (Å²) in [6.07, 6.45) is 2.88. The fraction of sp³-hybridized carbons (Fsp3) is 0.462. The van der Waals surface area contributed by atoms with Crippen molar-refractivity contribution in [3.05, 3.63) is 34.1 Å². The number of rotatable bonds is 1. The molecule has 1 aromatic rings. The van der Waals surface area contributed by atoms with Gasteiger partial charge in [0.05, 0.1) is 6.04 Å². The van der Waals surface area contributed by atoms with E-state index >= 15 is 0 Å². The Bertz CT molecular complexity index is 494. The Balaban J connectivity index is 1.96. The van der Waals surface area contributed by atoms with Gasteiger partial charge >= 0.3 is 0 Å². The molecule has 2 aliphatic heterocycles. The van der Waals surface area contributed by atoms with Crippen LogP contribution in [-0.4, -0.2) is 23.4 Å². The third kappa shape index (κ3) is 1.95. The molecule has 1 N–H and O–H groups in total. The standard InChI is InChI=1S/C13H14BrFN2O/c14-10-5-4-8(15)7-9(10)12-16-13(18)11-3-1-2-6-17(11)12/h4-5,7,11-12H,1-3,6H2,(H,16,18)/t11-,12-/m1/s1. The van der Waals surface area contributed by atoms with Crippen molar-refractivity contribution in [1.29, 1.82) is 0 Å². The number of hydrogen-bond acceptors (Lipinski definition) is 2. The van der Waals surface area contributed by atoms with E-state index in [4.69, 9.17) is 0 Å². The average molecular weight is 313 g/mol. The molecule has 2 heterocycles. The van der Waals surface area contributed by atoms with E-state index in [1.54, 1.807) is 6.07 Å². The van der Waals surface area contributed by atoms with Crippen LogP contribution in [0, 0.1) is 5.82 Å². The lowest BCUT2D eigenvalue weighted by atomic mass is 10.0. The third-order valence-corrected chi connectivity index (χ3v) is 4.43. The Hall–Kier alpha value is -0.940. The molecule has 0 radical (unpaired) electrons. The molecular formula is C13H14BrFN2O. The number of nitrogens with one attached hydrogen (secondary N) is 1. The molecule has 0 bridgehead atoms. The maximum absolute atomic E-state index is 13.4. The smallest absolute Gasteiger partial charge is 0.238 e. The van der Waals surface area contributed by atoms with Gasteiger partial charge in [-0.25, -0.2) is 4.39 Å². The van der Waals surface area contributed by atoms with Crippen molar-refractivity contribution in [2.75, 3.05) is 6.54 Å². The minimum Gasteiger partial charge on any atom is -0.335 e. The Labute approximate surface area is 113 Å². The van der Waals surface area contributed by atoms with Crippen LogP contribution in [0.5, 0.6) is 0 Å². The van der Waals surface area contributed by atoms with E-state index in [1.807, 2.05) is 0 Å². The van der Waals surface area contributed by atoms with E-state index in [0.29, 0.717) is 0 Å². The molecule has 5 heteroatoms. The summed E-state index contributed by atoms with van der Waals surface area (Å²) in [6, 6.07) is 4.55. The molecule has 1 aromatic carbocycles. The van der Waals surface area contributed by atoms with Crippen LogP contribution in [0.4, 0.5) is 4.39 Å². The maximum atomic E-state index is 13.4. The second-order valence-corrected chi connectivity index (χ2v) is 5.68. The topological polar surface area (TPSA) is 32.3 Å². The molecule has 3 nitrogen and oxygen atoms in total. The second kappa shape index (κ2) is 4.63. The summed E-state index contributed by atoms with van der Waals surface area (Å²) in [5.41, 5.74) is 0.799. The predicted molar refractivity (Wildman–Crippen MR) is 69.3 cm³/mol. The van der Waals surface area contributed by atoms with Crippen molar-refractivity contribution < 1.29 is 9.18 Å². The largest absolute Gasteiger partial charge is 0.335 e. The predicted octanol–water partition coefficient (Wildman–Crippen LogP) is 2.57. The number of carbonyl (C=O) groups excluding carboxylic acids is 1. The molecule has 2 fully saturated rings. The molecule has 2 atom stereocenters. The summed E-state index contributed by atoms with van der Waals surface area (Å²) < 4.78 is 14.2. The van der Waals surface area contributed by atoms with Gasteiger partial charge in [0.2, 0.25) is 5.91 Å². The van der Waals surface area contributed by atoms with Gasteiger partial charge < -0.3 is 5.32 Å². The zero-order chi connectivity index (χ0) is 12.7. The van der Waals surface area contributed by atoms with E-state index in [0.717, 1.165) is 35.8 Å². The normalized spacial score (nSPS) is 28.0. The third-order valence-electron chi connectivity index (χ3n) is 3.71.